The fourth-order valence-corrected chi connectivity index (χ4v) is 6.32. The zero-order valence-corrected chi connectivity index (χ0v) is 30.6. The summed E-state index contributed by atoms with van der Waals surface area (Å²) in [6, 6.07) is 5.25. The third-order valence-corrected chi connectivity index (χ3v) is 10.3. The van der Waals surface area contributed by atoms with E-state index in [0.29, 0.717) is 11.3 Å². The molecule has 1 aromatic carbocycles. The molecule has 11 nitrogen and oxygen atoms in total. The number of likely N-dealkylation sites (N-methyl/N-ethyl adjacent to an activating group) is 1. The van der Waals surface area contributed by atoms with E-state index in [2.05, 4.69) is 19.9 Å². The molecule has 0 aliphatic carbocycles. The summed E-state index contributed by atoms with van der Waals surface area (Å²) < 4.78 is 273. The van der Waals surface area contributed by atoms with E-state index in [0.717, 1.165) is 0 Å². The van der Waals surface area contributed by atoms with E-state index in [1.54, 1.807) is 0 Å². The molecule has 0 saturated carbocycles. The number of aromatic nitrogens is 1. The van der Waals surface area contributed by atoms with Crippen LogP contribution in [-0.4, -0.2) is 94.2 Å². The van der Waals surface area contributed by atoms with E-state index in [1.165, 1.54) is 36.1 Å². The van der Waals surface area contributed by atoms with Crippen molar-refractivity contribution in [2.24, 2.45) is 15.2 Å². The van der Waals surface area contributed by atoms with Gasteiger partial charge in [-0.1, -0.05) is 22.9 Å². The van der Waals surface area contributed by atoms with Crippen molar-refractivity contribution in [1.82, 2.24) is 4.98 Å². The number of azo groups is 1. The number of anilines is 1. The first-order valence-corrected chi connectivity index (χ1v) is 17.8. The molecule has 1 aromatic heterocycles. The van der Waals surface area contributed by atoms with E-state index < -0.39 is 102 Å². The lowest BCUT2D eigenvalue weighted by Gasteiger charge is -2.43. The van der Waals surface area contributed by atoms with Crippen LogP contribution in [0.15, 0.2) is 39.4 Å². The Bertz CT molecular complexity index is 1900. The van der Waals surface area contributed by atoms with Crippen LogP contribution in [0.3, 0.4) is 0 Å². The maximum atomic E-state index is 14.2. The van der Waals surface area contributed by atoms with Gasteiger partial charge in [-0.25, -0.2) is 4.98 Å². The highest BCUT2D eigenvalue weighted by Gasteiger charge is 2.96. The molecule has 0 saturated heterocycles. The normalized spacial score (nSPS) is 15.9. The summed E-state index contributed by atoms with van der Waals surface area (Å²) >= 11 is 6.23. The minimum Gasteiger partial charge on any atom is -0.464 e. The number of nitrogens with zero attached hydrogens (tertiary/aromatic N) is 5. The molecule has 2 N–H and O–H groups in total. The molecule has 1 heterocycles. The predicted octanol–water partition coefficient (Wildman–Crippen LogP) is 10.9. The number of benzene rings is 1. The van der Waals surface area contributed by atoms with Crippen LogP contribution in [0, 0.1) is 4.91 Å². The molecular formula is C26H20ClF19N5O6PS. The van der Waals surface area contributed by atoms with Gasteiger partial charge in [0, 0.05) is 23.6 Å². The topological polar surface area (TPSA) is 154 Å². The largest absolute Gasteiger partial charge is 0.464 e. The number of ether oxygens (including phenoxy) is 1. The molecule has 2 unspecified atom stereocenters. The number of halogens is 20. The molecule has 59 heavy (non-hydrogen) atoms. The van der Waals surface area contributed by atoms with E-state index in [9.17, 15) is 108 Å². The van der Waals surface area contributed by atoms with E-state index >= 15 is 0 Å². The molecular weight excluding hydrogens is 938 g/mol. The van der Waals surface area contributed by atoms with Crippen LogP contribution in [0.5, 0.6) is 0 Å². The number of esters is 1. The highest BCUT2D eigenvalue weighted by molar-refractivity contribution is 7.56. The summed E-state index contributed by atoms with van der Waals surface area (Å²) in [6.07, 6.45) is -13.2. The molecule has 2 atom stereocenters. The number of carbonyl (C=O) groups excluding carboxylic acids is 1. The van der Waals surface area contributed by atoms with Gasteiger partial charge < -0.3 is 19.6 Å². The van der Waals surface area contributed by atoms with Crippen molar-refractivity contribution in [2.75, 3.05) is 24.6 Å². The van der Waals surface area contributed by atoms with Crippen LogP contribution < -0.4 is 4.90 Å². The molecule has 0 aliphatic rings. The van der Waals surface area contributed by atoms with Gasteiger partial charge in [0.1, 0.15) is 11.8 Å². The highest BCUT2D eigenvalue weighted by Crippen LogP contribution is 2.65. The third kappa shape index (κ3) is 9.36. The van der Waals surface area contributed by atoms with Gasteiger partial charge in [0.25, 0.3) is 0 Å². The first-order valence-electron chi connectivity index (χ1n) is 14.9. The van der Waals surface area contributed by atoms with Gasteiger partial charge in [-0.05, 0) is 31.2 Å². The minimum atomic E-state index is -9.05. The second-order valence-electron chi connectivity index (χ2n) is 11.4. The van der Waals surface area contributed by atoms with Gasteiger partial charge >= 0.3 is 67.0 Å². The maximum Gasteiger partial charge on any atom is 0.460 e. The Morgan fingerprint density at radius 1 is 0.814 bits per heavy atom. The van der Waals surface area contributed by atoms with Crippen LogP contribution in [0.1, 0.15) is 30.5 Å². The van der Waals surface area contributed by atoms with E-state index in [4.69, 9.17) is 11.6 Å². The van der Waals surface area contributed by atoms with Crippen LogP contribution in [0.4, 0.5) is 99.9 Å². The predicted molar refractivity (Wildman–Crippen MR) is 162 cm³/mol. The van der Waals surface area contributed by atoms with Crippen molar-refractivity contribution in [3.63, 3.8) is 0 Å². The summed E-state index contributed by atoms with van der Waals surface area (Å²) in [5.74, 6) is -72.1. The van der Waals surface area contributed by atoms with Crippen molar-refractivity contribution in [3.05, 3.63) is 39.2 Å². The van der Waals surface area contributed by atoms with Crippen molar-refractivity contribution in [2.45, 2.75) is 79.2 Å². The number of hydrogen-bond acceptors (Lipinski definition) is 10. The number of hydrogen-bond donors (Lipinski definition) is 2. The molecule has 0 spiro atoms. The number of alkyl halides is 19. The van der Waals surface area contributed by atoms with Crippen molar-refractivity contribution < 1.29 is 108 Å². The average Bonchev–Trinajstić information content (AvgIpc) is 3.50. The Kier molecular flexibility index (Phi) is 14.9. The summed E-state index contributed by atoms with van der Waals surface area (Å²) in [5.41, 5.74) is 0.369. The smallest absolute Gasteiger partial charge is 0.460 e. The Morgan fingerprint density at radius 2 is 1.27 bits per heavy atom. The minimum absolute atomic E-state index is 0.0581. The quantitative estimate of drug-likeness (QED) is 0.0437. The Morgan fingerprint density at radius 3 is 1.71 bits per heavy atom. The fourth-order valence-electron chi connectivity index (χ4n) is 4.15. The Balaban J connectivity index is 2.12. The summed E-state index contributed by atoms with van der Waals surface area (Å²) in [4.78, 5) is 38.2. The Labute approximate surface area is 323 Å². The molecule has 2 rings (SSSR count). The van der Waals surface area contributed by atoms with Crippen molar-refractivity contribution in [1.29, 1.82) is 0 Å². The second-order valence-corrected chi connectivity index (χ2v) is 14.6. The maximum absolute atomic E-state index is 14.2. The molecule has 336 valence electrons. The van der Waals surface area contributed by atoms with Gasteiger partial charge in [-0.2, -0.15) is 83.4 Å². The number of aliphatic hydroxyl groups excluding tert-OH is 1. The zero-order valence-electron chi connectivity index (χ0n) is 28.1. The van der Waals surface area contributed by atoms with E-state index in [1.807, 2.05) is 4.95 Å². The lowest BCUT2D eigenvalue weighted by Crippen LogP contribution is -2.75. The first-order chi connectivity index (χ1) is 26.4. The molecule has 0 radical (unpaired) electrons. The van der Waals surface area contributed by atoms with Crippen LogP contribution in [0.25, 0.3) is 0 Å². The average molecular weight is 958 g/mol. The SMILES string of the molecule is CCN(CCOC(=O)CCC(F)(F)C(F)(F)C(F)(F)C(F)(F)C(F)(F)C(F)(F)C(F)(F)C(F)(F)C(F)(F)F)c1ccc(N=Nc2nc(Cl)c(C(O)P(=O)(O)N=O)s2)cc1. The summed E-state index contributed by atoms with van der Waals surface area (Å²) in [7, 11) is -4.95. The lowest BCUT2D eigenvalue weighted by molar-refractivity contribution is -0.468. The molecule has 0 amide bonds. The van der Waals surface area contributed by atoms with E-state index in [-0.39, 0.29) is 29.6 Å². The van der Waals surface area contributed by atoms with Gasteiger partial charge in [-0.15, -0.1) is 15.1 Å². The second kappa shape index (κ2) is 17.1. The number of thiazole rings is 1. The van der Waals surface area contributed by atoms with Crippen LogP contribution in [-0.2, 0) is 14.1 Å². The van der Waals surface area contributed by atoms with Gasteiger partial charge in [0.15, 0.2) is 5.85 Å². The van der Waals surface area contributed by atoms with Gasteiger partial charge in [0.05, 0.1) is 23.5 Å². The van der Waals surface area contributed by atoms with Gasteiger partial charge in [-0.3, -0.25) is 9.36 Å². The number of nitroso groups, excluding NO2 is 1. The zero-order chi connectivity index (χ0) is 46.2. The fraction of sp³-hybridized carbons (Fsp3) is 0.615. The summed E-state index contributed by atoms with van der Waals surface area (Å²) in [5, 5.41) is 16.5. The van der Waals surface area contributed by atoms with Crippen LogP contribution >= 0.6 is 30.5 Å². The number of aliphatic hydroxyl groups is 1. The molecule has 33 heteroatoms. The number of carbonyl (C=O) groups is 1. The molecule has 0 fully saturated rings. The highest BCUT2D eigenvalue weighted by atomic mass is 35.5. The lowest BCUT2D eigenvalue weighted by atomic mass is 9.86. The summed E-state index contributed by atoms with van der Waals surface area (Å²) in [6.45, 7) is 0.318. The van der Waals surface area contributed by atoms with Crippen molar-refractivity contribution >= 4 is 52.9 Å². The Hall–Kier alpha value is -3.57. The van der Waals surface area contributed by atoms with Crippen LogP contribution in [0.2, 0.25) is 5.15 Å². The molecule has 0 aliphatic heterocycles. The molecule has 0 bridgehead atoms. The molecule has 2 aromatic rings. The standard InChI is InChI=1S/C26H20ClF19N5O6PS/c1-2-51(12-5-3-11(4-6-12)48-49-17-47-15(27)14(59-17)16(53)58(55,56)50-54)9-10-57-13(52)7-8-18(28,29)19(30,31)20(32,33)21(34,35)22(36,37)23(38,39)24(40,41)25(42,43)26(44,45)46/h3-6,16,53H,2,7-10H2,1H3,(H,55,56). The van der Waals surface area contributed by atoms with Crippen molar-refractivity contribution in [3.8, 4) is 0 Å². The first kappa shape index (κ1) is 51.6. The third-order valence-electron chi connectivity index (χ3n) is 7.56. The monoisotopic (exact) mass is 957 g/mol. The number of rotatable bonds is 20. The van der Waals surface area contributed by atoms with Gasteiger partial charge in [0.2, 0.25) is 5.13 Å².